The number of aliphatic hydroxyl groups is 1. The molecule has 9 amide bonds. The number of β-amino-alcohol motifs (C(OH)–C–C–N with tert-alkyl or cyclic N) is 1. The molecule has 6 aliphatic rings. The number of carbonyl (C=O) groups is 8. The third-order valence-electron chi connectivity index (χ3n) is 23.2. The van der Waals surface area contributed by atoms with Crippen LogP contribution in [-0.2, 0) is 40.2 Å². The van der Waals surface area contributed by atoms with Gasteiger partial charge >= 0.3 is 6.03 Å². The van der Waals surface area contributed by atoms with E-state index in [1.165, 1.54) is 40.2 Å². The number of carbonyl (C=O) groups excluding carboxylic acids is 8. The number of rotatable bonds is 36. The number of nitrogens with zero attached hydrogens (tertiary/aromatic N) is 12. The van der Waals surface area contributed by atoms with Gasteiger partial charge in [-0.2, -0.15) is 0 Å². The fraction of sp³-hybridized carbons (Fsp3) is 0.482. The van der Waals surface area contributed by atoms with E-state index in [0.717, 1.165) is 64.8 Å². The first-order valence-electron chi connectivity index (χ1n) is 40.0. The predicted octanol–water partition coefficient (Wildman–Crippen LogP) is 7.49. The van der Waals surface area contributed by atoms with Gasteiger partial charge in [-0.25, -0.2) is 19.2 Å². The van der Waals surface area contributed by atoms with Crippen LogP contribution >= 0.6 is 11.3 Å². The summed E-state index contributed by atoms with van der Waals surface area (Å²) in [4.78, 5) is 130. The number of nitrogens with one attached hydrogen (secondary N) is 3. The first-order chi connectivity index (χ1) is 55.9. The molecule has 4 aromatic heterocycles. The Labute approximate surface area is 676 Å². The fourth-order valence-corrected chi connectivity index (χ4v) is 17.5. The van der Waals surface area contributed by atoms with Crippen molar-refractivity contribution in [3.8, 4) is 39.2 Å². The number of urea groups is 1. The summed E-state index contributed by atoms with van der Waals surface area (Å²) < 4.78 is 39.9. The number of primary amides is 2. The number of thiazole rings is 1. The van der Waals surface area contributed by atoms with Gasteiger partial charge < -0.3 is 76.6 Å². The van der Waals surface area contributed by atoms with E-state index in [1.54, 1.807) is 47.9 Å². The van der Waals surface area contributed by atoms with Crippen LogP contribution in [0.5, 0.6) is 17.5 Å². The number of likely N-dealkylation sites (tertiary alicyclic amines) is 1. The second-order valence-corrected chi connectivity index (χ2v) is 32.2. The van der Waals surface area contributed by atoms with Crippen LogP contribution in [0.25, 0.3) is 21.7 Å². The number of anilines is 4. The Morgan fingerprint density at radius 2 is 1.55 bits per heavy atom. The van der Waals surface area contributed by atoms with Crippen LogP contribution in [0.1, 0.15) is 133 Å². The molecular formula is C83H103FN18O13S. The van der Waals surface area contributed by atoms with Gasteiger partial charge in [0.05, 0.1) is 39.6 Å². The van der Waals surface area contributed by atoms with Gasteiger partial charge in [0.1, 0.15) is 54.8 Å². The van der Waals surface area contributed by atoms with Crippen LogP contribution < -0.4 is 57.2 Å². The summed E-state index contributed by atoms with van der Waals surface area (Å²) in [6, 6.07) is 23.9. The number of hydrogen-bond acceptors (Lipinski definition) is 24. The first kappa shape index (κ1) is 82.8. The van der Waals surface area contributed by atoms with Crippen molar-refractivity contribution in [1.29, 1.82) is 0 Å². The number of aliphatic hydroxyl groups excluding tert-OH is 1. The van der Waals surface area contributed by atoms with E-state index in [9.17, 15) is 43.5 Å². The minimum atomic E-state index is -1.48. The Bertz CT molecular complexity index is 4680. The van der Waals surface area contributed by atoms with Gasteiger partial charge in [-0.15, -0.1) is 21.5 Å². The number of ether oxygens (including phenoxy) is 3. The molecule has 4 saturated heterocycles. The molecule has 0 spiro atoms. The first-order valence-corrected chi connectivity index (χ1v) is 40.9. The summed E-state index contributed by atoms with van der Waals surface area (Å²) in [6.07, 6.45) is 8.07. The van der Waals surface area contributed by atoms with Crippen molar-refractivity contribution in [3.63, 3.8) is 0 Å². The summed E-state index contributed by atoms with van der Waals surface area (Å²) >= 11 is 1.58. The van der Waals surface area contributed by atoms with Crippen LogP contribution in [0.15, 0.2) is 119 Å². The molecule has 9 heterocycles. The highest BCUT2D eigenvalue weighted by Gasteiger charge is 2.53. The minimum absolute atomic E-state index is 0.0214. The maximum atomic E-state index is 15.3. The summed E-state index contributed by atoms with van der Waals surface area (Å²) in [5.74, 6) is -3.13. The van der Waals surface area contributed by atoms with Crippen molar-refractivity contribution < 1.29 is 66.6 Å². The number of fused-ring (bicyclic) bond motifs is 2. The highest BCUT2D eigenvalue weighted by molar-refractivity contribution is 7.13. The molecule has 8 atom stereocenters. The quantitative estimate of drug-likeness (QED) is 0.0113. The third kappa shape index (κ3) is 19.3. The lowest BCUT2D eigenvalue weighted by molar-refractivity contribution is -0.159. The Morgan fingerprint density at radius 1 is 0.810 bits per heavy atom. The lowest BCUT2D eigenvalue weighted by Crippen LogP contribution is -2.59. The van der Waals surface area contributed by atoms with E-state index in [-0.39, 0.29) is 118 Å². The third-order valence-corrected chi connectivity index (χ3v) is 24.1. The maximum absolute atomic E-state index is 15.3. The second kappa shape index (κ2) is 37.2. The Balaban J connectivity index is 0.564. The molecule has 2 bridgehead atoms. The van der Waals surface area contributed by atoms with Crippen LogP contribution in [0, 0.1) is 24.1 Å². The van der Waals surface area contributed by atoms with Crippen LogP contribution in [0.2, 0.25) is 0 Å². The number of amides is 9. The number of nitrogen functional groups attached to an aromatic ring is 1. The molecule has 1 aliphatic carbocycles. The molecule has 616 valence electrons. The fourth-order valence-electron chi connectivity index (χ4n) is 16.7. The molecule has 4 unspecified atom stereocenters. The number of nitrogens with two attached hydrogens (primary N) is 3. The topological polar surface area (TPSA) is 399 Å². The summed E-state index contributed by atoms with van der Waals surface area (Å²) in [5, 5.41) is 32.4. The van der Waals surface area contributed by atoms with Gasteiger partial charge in [0, 0.05) is 144 Å². The Kier molecular flexibility index (Phi) is 26.5. The van der Waals surface area contributed by atoms with Crippen molar-refractivity contribution >= 4 is 81.6 Å². The van der Waals surface area contributed by atoms with Crippen molar-refractivity contribution in [2.45, 2.75) is 160 Å². The number of aromatic nitrogens is 5. The van der Waals surface area contributed by atoms with E-state index in [4.69, 9.17) is 35.9 Å². The predicted molar refractivity (Wildman–Crippen MR) is 432 cm³/mol. The van der Waals surface area contributed by atoms with Crippen LogP contribution in [-0.4, -0.2) is 224 Å². The molecule has 31 nitrogen and oxygen atoms in total. The van der Waals surface area contributed by atoms with Crippen molar-refractivity contribution in [2.24, 2.45) is 22.8 Å². The van der Waals surface area contributed by atoms with Crippen molar-refractivity contribution in [3.05, 3.63) is 143 Å². The molecule has 33 heteroatoms. The molecule has 5 fully saturated rings. The van der Waals surface area contributed by atoms with Gasteiger partial charge in [0.15, 0.2) is 11.6 Å². The average molecular weight is 1610 g/mol. The van der Waals surface area contributed by atoms with E-state index in [1.807, 2.05) is 75.7 Å². The highest BCUT2D eigenvalue weighted by Crippen LogP contribution is 2.45. The smallest absolute Gasteiger partial charge is 0.312 e. The minimum Gasteiger partial charge on any atom is -0.488 e. The number of halogens is 1. The second-order valence-electron chi connectivity index (χ2n) is 31.3. The van der Waals surface area contributed by atoms with Gasteiger partial charge in [-0.3, -0.25) is 48.3 Å². The highest BCUT2D eigenvalue weighted by atomic mass is 32.1. The zero-order chi connectivity index (χ0) is 81.9. The largest absolute Gasteiger partial charge is 0.488 e. The average Bonchev–Trinajstić information content (AvgIpc) is 1.47. The van der Waals surface area contributed by atoms with E-state index >= 15 is 4.39 Å². The van der Waals surface area contributed by atoms with Crippen molar-refractivity contribution in [1.82, 2.24) is 60.5 Å². The normalized spacial score (nSPS) is 20.0. The molecule has 10 N–H and O–H groups in total. The molecule has 7 aromatic rings. The van der Waals surface area contributed by atoms with Gasteiger partial charge in [0.25, 0.3) is 17.7 Å². The maximum Gasteiger partial charge on any atom is 0.312 e. The zero-order valence-corrected chi connectivity index (χ0v) is 66.9. The molecule has 0 radical (unpaired) electrons. The number of aryl methyl sites for hydroxylation is 1. The van der Waals surface area contributed by atoms with Gasteiger partial charge in [-0.05, 0) is 149 Å². The lowest BCUT2D eigenvalue weighted by atomic mass is 9.67. The zero-order valence-electron chi connectivity index (χ0n) is 66.1. The number of benzene rings is 3. The molecule has 5 aliphatic heterocycles. The number of piperazine rings is 2. The van der Waals surface area contributed by atoms with Gasteiger partial charge in [-0.1, -0.05) is 56.7 Å². The number of unbranched alkanes of at least 4 members (excludes halogenated alkanes) is 2. The molecular weight excluding hydrogens is 1510 g/mol. The number of hydrogen-bond donors (Lipinski definition) is 7. The monoisotopic (exact) mass is 1610 g/mol. The standard InChI is InChI=1S/C83H103FN18O13S/c1-50(2)74(79(108)101-47-62(103)41-67(101)78(107)91-52(4)55-14-16-56(17-15-55)75-53(5)90-49-116-75)69-43-71(95-115-69)113-37-35-96-33-34-97(51(3)44-96)36-38-112-70-40-59(26-30-88-70)102-60-21-22-61(102)46-98(45-60)66-42-64(93-94-76(66)85)63-39-57(84)18-23-68(63)114-48-54-12-19-58(20-13-54)92-77(106)65(11-9-29-89-82(87)111)99(81(110)83(80(86)109)27-10-28-83)31-7-6-8-32-100-72(104)24-25-73(100)105/h12-20,23-26,30,39-40,42-43,49-52,60-62,65,67,74,103H,6-11,21-22,27-29,31-38,41,44-48H2,1-5H3,(H2,85,94)(H2,86,109)(H,91,107)(H,92,106)(H3,87,89,111)/t51?,52-,60?,61?,62+,65-,67-,74?/m0/s1. The summed E-state index contributed by atoms with van der Waals surface area (Å²) in [6.45, 7) is 16.2. The molecule has 3 aromatic carbocycles. The van der Waals surface area contributed by atoms with E-state index in [2.05, 4.69) is 67.8 Å². The lowest BCUT2D eigenvalue weighted by Gasteiger charge is -2.43. The molecule has 1 saturated carbocycles. The number of pyridine rings is 1. The SMILES string of the molecule is Cc1ncsc1-c1ccc([C@H](C)NC(=O)[C@@H]2C[C@@H](O)CN2C(=O)C(c2cc(OCCN3CCN(CCOc4cc(N5C6CCC5CN(c5cc(-c7cc(F)ccc7OCc7ccc(NC(=O)[C@H](CCCNC(N)=O)N(CCCCCN8C(=O)C=CC8=O)C(=O)C8(C(N)=O)CCC8)cc7)nnc5N)C6)ccn4)C(C)C3)no2)C(C)C)cc1. The van der Waals surface area contributed by atoms with Crippen LogP contribution in [0.4, 0.5) is 32.1 Å². The van der Waals surface area contributed by atoms with Gasteiger partial charge in [0.2, 0.25) is 35.4 Å². The molecule has 13 rings (SSSR count). The van der Waals surface area contributed by atoms with E-state index in [0.29, 0.717) is 111 Å². The molecule has 116 heavy (non-hydrogen) atoms. The summed E-state index contributed by atoms with van der Waals surface area (Å²) in [5.41, 5.74) is 24.6. The van der Waals surface area contributed by atoms with Crippen LogP contribution in [0.3, 0.4) is 0 Å². The summed E-state index contributed by atoms with van der Waals surface area (Å²) in [7, 11) is 0. The number of imide groups is 1. The van der Waals surface area contributed by atoms with E-state index < -0.39 is 70.9 Å². The Hall–Kier alpha value is -11.2. The van der Waals surface area contributed by atoms with Crippen molar-refractivity contribution in [2.75, 3.05) is 106 Å². The Morgan fingerprint density at radius 3 is 2.24 bits per heavy atom.